The molecule has 0 heterocycles. The van der Waals surface area contributed by atoms with Gasteiger partial charge in [-0.05, 0) is 161 Å². The number of aliphatic hydroxyl groups excluding tert-OH is 1. The molecule has 3 N–H and O–H groups in total. The normalized spacial score (nSPS) is 14.7. The molecule has 0 aliphatic heterocycles. The van der Waals surface area contributed by atoms with E-state index in [9.17, 15) is 43.2 Å². The van der Waals surface area contributed by atoms with E-state index < -0.39 is 97.5 Å². The first-order valence-electron chi connectivity index (χ1n) is 39.7. The Bertz CT molecular complexity index is 2590. The molecule has 0 radical (unpaired) electrons. The van der Waals surface area contributed by atoms with Crippen LogP contribution in [0.5, 0.6) is 0 Å². The number of hydrogen-bond donors (Lipinski definition) is 3. The van der Waals surface area contributed by atoms with Gasteiger partial charge >= 0.3 is 39.5 Å². The van der Waals surface area contributed by atoms with Crippen LogP contribution in [0.2, 0.25) is 0 Å². The molecular weight excluding hydrogens is 1350 g/mol. The lowest BCUT2D eigenvalue weighted by molar-refractivity contribution is -0.161. The number of unbranched alkanes of at least 4 members (excludes halogenated alkanes) is 21. The maximum Gasteiger partial charge on any atom is 0.472 e. The molecule has 104 heavy (non-hydrogen) atoms. The standard InChI is InChI=1S/C85H140O17P2/c1-5-9-13-17-21-25-29-33-37-38-39-40-44-46-50-54-58-62-66-70-83(88)96-76-81(102-85(90)72-68-64-60-56-52-48-43-36-32-28-24-20-16-12-8-4)78-100-104(93,94)98-74-79(86)73-97-103(91,92)99-77-80(101-84(89)71-67-63-59-55-51-47-42-35-31-27-23-19-15-11-7-3)75-95-82(87)69-65-61-57-53-49-45-41-34-30-26-22-18-14-10-6-2/h9-10,13-14,21-22,24-26,28,33-37,39-43,46,49-50,53,58,62,79-81,86H,5-8,11-12,15-20,23,27,29-32,38,44-45,47-48,51-52,54-57,59-61,63-78H2,1-4H3,(H,91,92)(H,93,94)/b13-9-,14-10-,25-21-,26-22-,28-24-,37-33-,40-39-,41-34-,42-35-,43-36-,50-46-,53-49-,62-58-. The van der Waals surface area contributed by atoms with E-state index in [2.05, 4.69) is 167 Å². The first-order chi connectivity index (χ1) is 50.7. The van der Waals surface area contributed by atoms with E-state index in [4.69, 9.17) is 37.0 Å². The van der Waals surface area contributed by atoms with Crippen molar-refractivity contribution in [3.63, 3.8) is 0 Å². The molecule has 19 heteroatoms. The van der Waals surface area contributed by atoms with Crippen molar-refractivity contribution in [2.45, 2.75) is 316 Å². The number of carbonyl (C=O) groups excluding carboxylic acids is 4. The Kier molecular flexibility index (Phi) is 72.0. The number of hydrogen-bond acceptors (Lipinski definition) is 15. The average molecular weight is 1500 g/mol. The fraction of sp³-hybridized carbons (Fsp3) is 0.647. The Hall–Kier alpha value is -5.32. The minimum Gasteiger partial charge on any atom is -0.462 e. The van der Waals surface area contributed by atoms with Gasteiger partial charge in [-0.15, -0.1) is 0 Å². The number of rotatable bonds is 73. The van der Waals surface area contributed by atoms with Gasteiger partial charge < -0.3 is 33.8 Å². The highest BCUT2D eigenvalue weighted by Crippen LogP contribution is 2.45. The maximum atomic E-state index is 13.1. The highest BCUT2D eigenvalue weighted by Gasteiger charge is 2.30. The van der Waals surface area contributed by atoms with Crippen LogP contribution < -0.4 is 0 Å². The van der Waals surface area contributed by atoms with E-state index in [1.165, 1.54) is 57.8 Å². The molecule has 0 aromatic heterocycles. The monoisotopic (exact) mass is 1490 g/mol. The molecule has 17 nitrogen and oxygen atoms in total. The predicted molar refractivity (Wildman–Crippen MR) is 427 cm³/mol. The largest absolute Gasteiger partial charge is 0.472 e. The predicted octanol–water partition coefficient (Wildman–Crippen LogP) is 23.2. The van der Waals surface area contributed by atoms with Crippen LogP contribution in [0.4, 0.5) is 0 Å². The zero-order valence-electron chi connectivity index (χ0n) is 64.6. The minimum atomic E-state index is -5.01. The topological polar surface area (TPSA) is 237 Å². The van der Waals surface area contributed by atoms with Gasteiger partial charge in [0.15, 0.2) is 12.2 Å². The second-order valence-corrected chi connectivity index (χ2v) is 28.8. The van der Waals surface area contributed by atoms with Crippen LogP contribution in [0.15, 0.2) is 158 Å². The molecule has 5 atom stereocenters. The third kappa shape index (κ3) is 74.9. The molecular formula is C85H140O17P2. The molecule has 0 aromatic carbocycles. The maximum absolute atomic E-state index is 13.1. The number of aliphatic hydroxyl groups is 1. The van der Waals surface area contributed by atoms with Gasteiger partial charge in [0, 0.05) is 25.7 Å². The van der Waals surface area contributed by atoms with E-state index >= 15 is 0 Å². The fourth-order valence-corrected chi connectivity index (χ4v) is 11.5. The van der Waals surface area contributed by atoms with Crippen molar-refractivity contribution in [1.29, 1.82) is 0 Å². The van der Waals surface area contributed by atoms with Crippen LogP contribution in [0.3, 0.4) is 0 Å². The van der Waals surface area contributed by atoms with E-state index in [1.807, 2.05) is 18.2 Å². The van der Waals surface area contributed by atoms with Crippen molar-refractivity contribution in [2.75, 3.05) is 39.6 Å². The van der Waals surface area contributed by atoms with Crippen molar-refractivity contribution < 1.29 is 80.2 Å². The van der Waals surface area contributed by atoms with Gasteiger partial charge in [-0.25, -0.2) is 9.13 Å². The van der Waals surface area contributed by atoms with Gasteiger partial charge in [-0.1, -0.05) is 269 Å². The summed E-state index contributed by atoms with van der Waals surface area (Å²) in [6, 6.07) is 0. The van der Waals surface area contributed by atoms with Crippen LogP contribution in [0.1, 0.15) is 297 Å². The van der Waals surface area contributed by atoms with Gasteiger partial charge in [0.25, 0.3) is 0 Å². The zero-order valence-corrected chi connectivity index (χ0v) is 66.4. The lowest BCUT2D eigenvalue weighted by Crippen LogP contribution is -2.30. The number of allylic oxidation sites excluding steroid dienone is 26. The molecule has 5 unspecified atom stereocenters. The summed E-state index contributed by atoms with van der Waals surface area (Å²) in [7, 11) is -10.0. The molecule has 0 aliphatic carbocycles. The van der Waals surface area contributed by atoms with Crippen LogP contribution in [0, 0.1) is 0 Å². The summed E-state index contributed by atoms with van der Waals surface area (Å²) in [5.41, 5.74) is 0. The van der Waals surface area contributed by atoms with Gasteiger partial charge in [-0.2, -0.15) is 0 Å². The molecule has 592 valence electrons. The summed E-state index contributed by atoms with van der Waals surface area (Å²) in [6.45, 7) is 4.45. The second-order valence-electron chi connectivity index (χ2n) is 25.9. The summed E-state index contributed by atoms with van der Waals surface area (Å²) in [5.74, 6) is -2.35. The SMILES string of the molecule is CC/C=C\C/C=C\C/C=C\C/C=C\C/C=C\C/C=C\CCC(=O)OCC(COP(=O)(O)OCC(O)COP(=O)(O)OCC(COC(=O)CCCC/C=C\C/C=C\C/C=C\C/C=C\CC)OC(=O)CCCCCCC/C=C\CCCCCCCC)OC(=O)CCCCCCC/C=C\C/C=C\CCCCC. The molecule has 0 fully saturated rings. The summed E-state index contributed by atoms with van der Waals surface area (Å²) in [5, 5.41) is 10.6. The minimum absolute atomic E-state index is 0.0275. The average Bonchev–Trinajstić information content (AvgIpc) is 0.918. The Morgan fingerprint density at radius 1 is 0.279 bits per heavy atom. The molecule has 0 bridgehead atoms. The molecule has 0 spiro atoms. The summed E-state index contributed by atoms with van der Waals surface area (Å²) >= 11 is 0. The highest BCUT2D eigenvalue weighted by atomic mass is 31.2. The van der Waals surface area contributed by atoms with Crippen LogP contribution in [-0.2, 0) is 65.4 Å². The Morgan fingerprint density at radius 2 is 0.519 bits per heavy atom. The molecule has 0 saturated carbocycles. The first kappa shape index (κ1) is 98.7. The van der Waals surface area contributed by atoms with Crippen molar-refractivity contribution in [2.24, 2.45) is 0 Å². The molecule has 0 saturated heterocycles. The number of phosphoric acid groups is 2. The van der Waals surface area contributed by atoms with Gasteiger partial charge in [-0.3, -0.25) is 37.3 Å². The van der Waals surface area contributed by atoms with E-state index in [1.54, 1.807) is 0 Å². The van der Waals surface area contributed by atoms with E-state index in [-0.39, 0.29) is 25.7 Å². The van der Waals surface area contributed by atoms with Crippen LogP contribution in [0.25, 0.3) is 0 Å². The lowest BCUT2D eigenvalue weighted by atomic mass is 10.1. The number of ether oxygens (including phenoxy) is 4. The Labute approximate surface area is 629 Å². The van der Waals surface area contributed by atoms with Crippen molar-refractivity contribution in [3.8, 4) is 0 Å². The third-order valence-corrected chi connectivity index (χ3v) is 17.9. The number of phosphoric ester groups is 2. The van der Waals surface area contributed by atoms with Crippen LogP contribution in [-0.4, -0.2) is 96.7 Å². The van der Waals surface area contributed by atoms with E-state index in [0.29, 0.717) is 32.1 Å². The fourth-order valence-electron chi connectivity index (χ4n) is 9.97. The molecule has 0 amide bonds. The quantitative estimate of drug-likeness (QED) is 0.0169. The second kappa shape index (κ2) is 75.9. The first-order valence-corrected chi connectivity index (χ1v) is 42.7. The third-order valence-electron chi connectivity index (χ3n) is 16.0. The number of carbonyl (C=O) groups is 4. The van der Waals surface area contributed by atoms with Gasteiger partial charge in [0.1, 0.15) is 19.3 Å². The van der Waals surface area contributed by atoms with Crippen LogP contribution >= 0.6 is 15.6 Å². The van der Waals surface area contributed by atoms with Crippen molar-refractivity contribution in [1.82, 2.24) is 0 Å². The molecule has 0 aliphatic rings. The summed E-state index contributed by atoms with van der Waals surface area (Å²) in [6.07, 6.45) is 88.1. The van der Waals surface area contributed by atoms with Gasteiger partial charge in [0.2, 0.25) is 0 Å². The zero-order chi connectivity index (χ0) is 76.0. The van der Waals surface area contributed by atoms with Crippen molar-refractivity contribution >= 4 is 39.5 Å². The summed E-state index contributed by atoms with van der Waals surface area (Å²) in [4.78, 5) is 73.0. The molecule has 0 aromatic rings. The Balaban J connectivity index is 5.49. The summed E-state index contributed by atoms with van der Waals surface area (Å²) < 4.78 is 68.5. The van der Waals surface area contributed by atoms with Crippen molar-refractivity contribution in [3.05, 3.63) is 158 Å². The van der Waals surface area contributed by atoms with Gasteiger partial charge in [0.05, 0.1) is 26.4 Å². The Morgan fingerprint density at radius 3 is 0.875 bits per heavy atom. The van der Waals surface area contributed by atoms with E-state index in [0.717, 1.165) is 154 Å². The molecule has 0 rings (SSSR count). The smallest absolute Gasteiger partial charge is 0.462 e. The highest BCUT2D eigenvalue weighted by molar-refractivity contribution is 7.47. The number of esters is 4. The lowest BCUT2D eigenvalue weighted by Gasteiger charge is -2.21.